The van der Waals surface area contributed by atoms with Crippen LogP contribution < -0.4 is 5.32 Å². The molecule has 2 unspecified atom stereocenters. The lowest BCUT2D eigenvalue weighted by atomic mass is 10.2. The van der Waals surface area contributed by atoms with Crippen molar-refractivity contribution in [2.75, 3.05) is 0 Å². The number of aliphatic hydroxyl groups excluding tert-OH is 1. The van der Waals surface area contributed by atoms with Crippen molar-refractivity contribution < 1.29 is 24.3 Å². The van der Waals surface area contributed by atoms with E-state index in [0.29, 0.717) is 0 Å². The number of rotatable bonds is 4. The smallest absolute Gasteiger partial charge is 0.328 e. The maximum atomic E-state index is 11.3. The zero-order valence-electron chi connectivity index (χ0n) is 7.88. The number of carbonyl (C=O) groups is 2. The Morgan fingerprint density at radius 2 is 2.27 bits per heavy atom. The van der Waals surface area contributed by atoms with E-state index in [2.05, 4.69) is 15.0 Å². The lowest BCUT2D eigenvalue weighted by molar-refractivity contribution is -0.141. The minimum atomic E-state index is -1.37. The lowest BCUT2D eigenvalue weighted by Crippen LogP contribution is -2.47. The number of aliphatic carboxylic acids is 1. The van der Waals surface area contributed by atoms with Crippen molar-refractivity contribution in [3.05, 3.63) is 18.0 Å². The fourth-order valence-electron chi connectivity index (χ4n) is 0.934. The van der Waals surface area contributed by atoms with E-state index in [-0.39, 0.29) is 5.69 Å². The second kappa shape index (κ2) is 4.56. The number of aromatic nitrogens is 1. The Hall–Kier alpha value is -1.89. The van der Waals surface area contributed by atoms with Gasteiger partial charge < -0.3 is 20.1 Å². The van der Waals surface area contributed by atoms with Gasteiger partial charge in [-0.05, 0) is 6.92 Å². The minimum Gasteiger partial charge on any atom is -0.480 e. The van der Waals surface area contributed by atoms with Crippen LogP contribution in [0.1, 0.15) is 17.4 Å². The fourth-order valence-corrected chi connectivity index (χ4v) is 0.934. The zero-order chi connectivity index (χ0) is 11.4. The van der Waals surface area contributed by atoms with E-state index in [0.717, 1.165) is 0 Å². The summed E-state index contributed by atoms with van der Waals surface area (Å²) in [6.07, 6.45) is -0.00841. The van der Waals surface area contributed by atoms with Gasteiger partial charge in [0.1, 0.15) is 6.26 Å². The molecule has 1 heterocycles. The molecule has 0 aliphatic rings. The molecule has 0 saturated carbocycles. The number of hydrogen-bond acceptors (Lipinski definition) is 5. The summed E-state index contributed by atoms with van der Waals surface area (Å²) >= 11 is 0. The molecule has 0 aliphatic heterocycles. The standard InChI is InChI=1S/C8H10N2O5/c1-4(11)6(8(13)14)9-7(12)5-2-3-15-10-5/h2-4,6,11H,1H3,(H,9,12)(H,13,14). The molecule has 7 heteroatoms. The number of carboxylic acid groups (broad SMARTS) is 1. The Kier molecular flexibility index (Phi) is 3.40. The van der Waals surface area contributed by atoms with Gasteiger partial charge in [0.25, 0.3) is 5.91 Å². The first kappa shape index (κ1) is 11.2. The predicted molar refractivity (Wildman–Crippen MR) is 47.1 cm³/mol. The Bertz CT molecular complexity index is 346. The van der Waals surface area contributed by atoms with Gasteiger partial charge in [-0.2, -0.15) is 0 Å². The second-order valence-electron chi connectivity index (χ2n) is 2.91. The molecule has 1 amide bonds. The molecule has 0 aromatic carbocycles. The molecular formula is C8H10N2O5. The fraction of sp³-hybridized carbons (Fsp3) is 0.375. The van der Waals surface area contributed by atoms with Gasteiger partial charge in [-0.1, -0.05) is 5.16 Å². The van der Waals surface area contributed by atoms with Crippen molar-refractivity contribution in [1.82, 2.24) is 10.5 Å². The van der Waals surface area contributed by atoms with Crippen molar-refractivity contribution in [2.45, 2.75) is 19.1 Å². The first-order valence-corrected chi connectivity index (χ1v) is 4.14. The number of nitrogens with one attached hydrogen (secondary N) is 1. The lowest BCUT2D eigenvalue weighted by Gasteiger charge is -2.15. The van der Waals surface area contributed by atoms with Crippen molar-refractivity contribution in [1.29, 1.82) is 0 Å². The van der Waals surface area contributed by atoms with Gasteiger partial charge in [0.15, 0.2) is 11.7 Å². The quantitative estimate of drug-likeness (QED) is 0.607. The Morgan fingerprint density at radius 3 is 2.67 bits per heavy atom. The van der Waals surface area contributed by atoms with Gasteiger partial charge in [0, 0.05) is 6.07 Å². The summed E-state index contributed by atoms with van der Waals surface area (Å²) in [6.45, 7) is 1.27. The first-order chi connectivity index (χ1) is 7.02. The average Bonchev–Trinajstić information content (AvgIpc) is 2.65. The SMILES string of the molecule is CC(O)C(NC(=O)c1ccon1)C(=O)O. The Labute approximate surface area is 84.7 Å². The monoisotopic (exact) mass is 214 g/mol. The molecule has 0 radical (unpaired) electrons. The second-order valence-corrected chi connectivity index (χ2v) is 2.91. The number of aliphatic hydroxyl groups is 1. The predicted octanol–water partition coefficient (Wildman–Crippen LogP) is -0.762. The van der Waals surface area contributed by atoms with E-state index in [1.807, 2.05) is 0 Å². The van der Waals surface area contributed by atoms with E-state index >= 15 is 0 Å². The highest BCUT2D eigenvalue weighted by atomic mass is 16.5. The third kappa shape index (κ3) is 2.78. The molecule has 0 spiro atoms. The normalized spacial score (nSPS) is 14.3. The van der Waals surface area contributed by atoms with Crippen LogP contribution in [0.2, 0.25) is 0 Å². The van der Waals surface area contributed by atoms with Crippen LogP contribution in [0.5, 0.6) is 0 Å². The summed E-state index contributed by atoms with van der Waals surface area (Å²) < 4.78 is 4.42. The average molecular weight is 214 g/mol. The number of amides is 1. The van der Waals surface area contributed by atoms with Gasteiger partial charge in [0.2, 0.25) is 0 Å². The topological polar surface area (TPSA) is 113 Å². The van der Waals surface area contributed by atoms with E-state index in [1.165, 1.54) is 19.3 Å². The van der Waals surface area contributed by atoms with Gasteiger partial charge in [-0.25, -0.2) is 4.79 Å². The van der Waals surface area contributed by atoms with Crippen LogP contribution in [0.25, 0.3) is 0 Å². The van der Waals surface area contributed by atoms with Gasteiger partial charge in [-0.15, -0.1) is 0 Å². The number of hydrogen-bond donors (Lipinski definition) is 3. The summed E-state index contributed by atoms with van der Waals surface area (Å²) in [5.74, 6) is -2.03. The maximum absolute atomic E-state index is 11.3. The number of carboxylic acids is 1. The molecule has 2 atom stereocenters. The van der Waals surface area contributed by atoms with Gasteiger partial charge >= 0.3 is 5.97 Å². The van der Waals surface area contributed by atoms with Gasteiger partial charge in [-0.3, -0.25) is 4.79 Å². The van der Waals surface area contributed by atoms with Crippen LogP contribution >= 0.6 is 0 Å². The van der Waals surface area contributed by atoms with Crippen LogP contribution in [0.15, 0.2) is 16.9 Å². The summed E-state index contributed by atoms with van der Waals surface area (Å²) in [6, 6.07) is -0.0785. The molecule has 3 N–H and O–H groups in total. The molecule has 0 bridgehead atoms. The van der Waals surface area contributed by atoms with Crippen LogP contribution in [-0.4, -0.2) is 39.4 Å². The van der Waals surface area contributed by atoms with Crippen molar-refractivity contribution in [3.63, 3.8) is 0 Å². The maximum Gasteiger partial charge on any atom is 0.328 e. The first-order valence-electron chi connectivity index (χ1n) is 4.14. The highest BCUT2D eigenvalue weighted by Crippen LogP contribution is 1.98. The Morgan fingerprint density at radius 1 is 1.60 bits per heavy atom. The molecule has 1 aromatic rings. The van der Waals surface area contributed by atoms with Gasteiger partial charge in [0.05, 0.1) is 6.10 Å². The number of nitrogens with zero attached hydrogens (tertiary/aromatic N) is 1. The highest BCUT2D eigenvalue weighted by Gasteiger charge is 2.26. The minimum absolute atomic E-state index is 0.0399. The molecule has 7 nitrogen and oxygen atoms in total. The molecule has 0 saturated heterocycles. The molecular weight excluding hydrogens is 204 g/mol. The van der Waals surface area contributed by atoms with E-state index in [4.69, 9.17) is 10.2 Å². The summed E-state index contributed by atoms with van der Waals surface area (Å²) in [7, 11) is 0. The molecule has 1 rings (SSSR count). The van der Waals surface area contributed by atoms with Crippen LogP contribution in [-0.2, 0) is 4.79 Å². The third-order valence-corrected chi connectivity index (χ3v) is 1.71. The molecule has 1 aromatic heterocycles. The van der Waals surface area contributed by atoms with Crippen molar-refractivity contribution in [2.24, 2.45) is 0 Å². The summed E-state index contributed by atoms with van der Waals surface area (Å²) in [5.41, 5.74) is -0.0399. The van der Waals surface area contributed by atoms with Crippen molar-refractivity contribution >= 4 is 11.9 Å². The molecule has 82 valence electrons. The van der Waals surface area contributed by atoms with Crippen LogP contribution in [0.4, 0.5) is 0 Å². The van der Waals surface area contributed by atoms with E-state index < -0.39 is 24.0 Å². The number of carbonyl (C=O) groups excluding carboxylic acids is 1. The van der Waals surface area contributed by atoms with E-state index in [1.54, 1.807) is 0 Å². The summed E-state index contributed by atoms with van der Waals surface area (Å²) in [5, 5.41) is 23.2. The largest absolute Gasteiger partial charge is 0.480 e. The summed E-state index contributed by atoms with van der Waals surface area (Å²) in [4.78, 5) is 21.9. The third-order valence-electron chi connectivity index (χ3n) is 1.71. The zero-order valence-corrected chi connectivity index (χ0v) is 7.88. The molecule has 0 fully saturated rings. The molecule has 15 heavy (non-hydrogen) atoms. The van der Waals surface area contributed by atoms with E-state index in [9.17, 15) is 9.59 Å². The molecule has 0 aliphatic carbocycles. The Balaban J connectivity index is 2.67. The van der Waals surface area contributed by atoms with Crippen LogP contribution in [0.3, 0.4) is 0 Å². The van der Waals surface area contributed by atoms with Crippen molar-refractivity contribution in [3.8, 4) is 0 Å². The highest BCUT2D eigenvalue weighted by molar-refractivity contribution is 5.94. The van der Waals surface area contributed by atoms with Crippen LogP contribution in [0, 0.1) is 0 Å².